The zero-order valence-corrected chi connectivity index (χ0v) is 19.0. The summed E-state index contributed by atoms with van der Waals surface area (Å²) in [6.07, 6.45) is 1.27. The molecule has 1 aromatic heterocycles. The molecule has 2 aliphatic heterocycles. The van der Waals surface area contributed by atoms with Gasteiger partial charge in [-0.15, -0.1) is 0 Å². The van der Waals surface area contributed by atoms with Crippen LogP contribution in [0.4, 0.5) is 0 Å². The lowest BCUT2D eigenvalue weighted by Crippen LogP contribution is -2.64. The second-order valence-electron chi connectivity index (χ2n) is 8.82. The Labute approximate surface area is 192 Å². The van der Waals surface area contributed by atoms with Crippen molar-refractivity contribution in [3.8, 4) is 0 Å². The number of esters is 1. The first-order valence-corrected chi connectivity index (χ1v) is 11.3. The van der Waals surface area contributed by atoms with E-state index in [1.54, 1.807) is 21.9 Å². The molecule has 2 amide bonds. The number of ether oxygens (including phenoxy) is 1. The van der Waals surface area contributed by atoms with Crippen LogP contribution in [0.3, 0.4) is 0 Å². The Morgan fingerprint density at radius 3 is 2.58 bits per heavy atom. The molecule has 0 spiro atoms. The number of carbonyl (C=O) groups is 3. The van der Waals surface area contributed by atoms with Gasteiger partial charge in [0.2, 0.25) is 11.8 Å². The normalized spacial score (nSPS) is 21.1. The minimum Gasteiger partial charge on any atom is -0.465 e. The van der Waals surface area contributed by atoms with Crippen LogP contribution in [0.15, 0.2) is 48.5 Å². The molecule has 5 rings (SSSR count). The first-order chi connectivity index (χ1) is 15.9. The molecule has 7 nitrogen and oxygen atoms in total. The number of nitrogens with one attached hydrogen (secondary N) is 1. The highest BCUT2D eigenvalue weighted by molar-refractivity contribution is 5.98. The maximum atomic E-state index is 13.6. The summed E-state index contributed by atoms with van der Waals surface area (Å²) in [4.78, 5) is 46.0. The number of aromatic nitrogens is 1. The molecule has 1 N–H and O–H groups in total. The third-order valence-electron chi connectivity index (χ3n) is 7.06. The summed E-state index contributed by atoms with van der Waals surface area (Å²) in [6.45, 7) is 4.10. The number of aromatic amines is 1. The van der Waals surface area contributed by atoms with E-state index >= 15 is 0 Å². The van der Waals surface area contributed by atoms with Gasteiger partial charge in [-0.05, 0) is 42.7 Å². The Balaban J connectivity index is 1.66. The largest absolute Gasteiger partial charge is 0.465 e. The van der Waals surface area contributed by atoms with Crippen LogP contribution in [0, 0.1) is 0 Å². The zero-order chi connectivity index (χ0) is 23.3. The van der Waals surface area contributed by atoms with Crippen LogP contribution in [-0.4, -0.2) is 58.3 Å². The number of benzene rings is 2. The third kappa shape index (κ3) is 3.30. The fourth-order valence-electron chi connectivity index (χ4n) is 5.15. The molecular weight excluding hydrogens is 418 g/mol. The first-order valence-electron chi connectivity index (χ1n) is 11.3. The van der Waals surface area contributed by atoms with Gasteiger partial charge in [-0.2, -0.15) is 0 Å². The van der Waals surface area contributed by atoms with E-state index in [-0.39, 0.29) is 24.4 Å². The molecule has 0 radical (unpaired) electrons. The van der Waals surface area contributed by atoms with Crippen LogP contribution in [0.5, 0.6) is 0 Å². The second-order valence-corrected chi connectivity index (χ2v) is 8.82. The molecule has 2 aliphatic rings. The summed E-state index contributed by atoms with van der Waals surface area (Å²) in [5.74, 6) is -0.481. The van der Waals surface area contributed by atoms with E-state index < -0.39 is 18.1 Å². The number of nitrogens with zero attached hydrogens (tertiary/aromatic N) is 2. The summed E-state index contributed by atoms with van der Waals surface area (Å²) in [5.41, 5.74) is 4.27. The van der Waals surface area contributed by atoms with E-state index in [9.17, 15) is 14.4 Å². The predicted molar refractivity (Wildman–Crippen MR) is 124 cm³/mol. The predicted octanol–water partition coefficient (Wildman–Crippen LogP) is 3.44. The van der Waals surface area contributed by atoms with Crippen molar-refractivity contribution in [1.29, 1.82) is 0 Å². The minimum absolute atomic E-state index is 0.00365. The number of hydrogen-bond acceptors (Lipinski definition) is 4. The molecule has 0 bridgehead atoms. The van der Waals surface area contributed by atoms with E-state index in [4.69, 9.17) is 4.74 Å². The molecule has 0 aliphatic carbocycles. The topological polar surface area (TPSA) is 82.7 Å². The smallest absolute Gasteiger partial charge is 0.337 e. The minimum atomic E-state index is -0.558. The molecule has 3 aromatic rings. The fourth-order valence-corrected chi connectivity index (χ4v) is 5.15. The molecule has 3 atom stereocenters. The third-order valence-corrected chi connectivity index (χ3v) is 7.06. The van der Waals surface area contributed by atoms with E-state index in [0.29, 0.717) is 12.0 Å². The molecule has 7 heteroatoms. The fraction of sp³-hybridized carbons (Fsp3) is 0.346. The number of fused-ring (bicyclic) bond motifs is 4. The molecular formula is C26H27N3O4. The van der Waals surface area contributed by atoms with E-state index in [0.717, 1.165) is 34.1 Å². The molecule has 2 aromatic carbocycles. The lowest BCUT2D eigenvalue weighted by molar-refractivity contribution is -0.160. The second kappa shape index (κ2) is 8.06. The van der Waals surface area contributed by atoms with E-state index in [2.05, 4.69) is 11.1 Å². The van der Waals surface area contributed by atoms with Crippen molar-refractivity contribution in [3.63, 3.8) is 0 Å². The van der Waals surface area contributed by atoms with Gasteiger partial charge in [0.25, 0.3) is 0 Å². The van der Waals surface area contributed by atoms with Gasteiger partial charge >= 0.3 is 5.97 Å². The molecule has 0 saturated carbocycles. The standard InChI is InChI=1S/C26H27N3O4/c1-4-15(2)28-14-22(30)29-21(25(28)31)13-19-18-7-5-6-8-20(18)27-23(19)24(29)16-9-11-17(12-10-16)26(32)33-3/h5-12,15,21,24,27H,4,13-14H2,1-3H3/t15-,21+,24+/m1/s1. The molecule has 3 heterocycles. The summed E-state index contributed by atoms with van der Waals surface area (Å²) in [5, 5.41) is 1.07. The number of rotatable bonds is 4. The van der Waals surface area contributed by atoms with Gasteiger partial charge < -0.3 is 19.5 Å². The number of methoxy groups -OCH3 is 1. The zero-order valence-electron chi connectivity index (χ0n) is 19.0. The maximum absolute atomic E-state index is 13.6. The van der Waals surface area contributed by atoms with Crippen molar-refractivity contribution in [2.75, 3.05) is 13.7 Å². The lowest BCUT2D eigenvalue weighted by Gasteiger charge is -2.48. The highest BCUT2D eigenvalue weighted by atomic mass is 16.5. The summed E-state index contributed by atoms with van der Waals surface area (Å²) in [7, 11) is 1.35. The van der Waals surface area contributed by atoms with Crippen molar-refractivity contribution in [2.24, 2.45) is 0 Å². The van der Waals surface area contributed by atoms with Crippen LogP contribution in [-0.2, 0) is 20.7 Å². The van der Waals surface area contributed by atoms with Crippen LogP contribution in [0.25, 0.3) is 10.9 Å². The maximum Gasteiger partial charge on any atom is 0.337 e. The molecule has 170 valence electrons. The van der Waals surface area contributed by atoms with Gasteiger partial charge in [0.1, 0.15) is 12.6 Å². The first kappa shape index (κ1) is 21.2. The number of amides is 2. The van der Waals surface area contributed by atoms with Crippen molar-refractivity contribution < 1.29 is 19.1 Å². The number of H-pyrrole nitrogens is 1. The SMILES string of the molecule is CC[C@@H](C)N1CC(=O)N2[C@@H](c3ccc(C(=O)OC)cc3)c3[nH]c4ccccc4c3C[C@H]2C1=O. The number of piperazine rings is 1. The Kier molecular flexibility index (Phi) is 5.19. The summed E-state index contributed by atoms with van der Waals surface area (Å²) in [6, 6.07) is 14.1. The number of carbonyl (C=O) groups excluding carboxylic acids is 3. The van der Waals surface area contributed by atoms with E-state index in [1.807, 2.05) is 44.2 Å². The molecule has 1 fully saturated rings. The quantitative estimate of drug-likeness (QED) is 0.624. The highest BCUT2D eigenvalue weighted by Crippen LogP contribution is 2.42. The van der Waals surface area contributed by atoms with Crippen molar-refractivity contribution in [2.45, 2.75) is 44.8 Å². The summed E-state index contributed by atoms with van der Waals surface area (Å²) < 4.78 is 4.82. The van der Waals surface area contributed by atoms with Crippen molar-refractivity contribution in [1.82, 2.24) is 14.8 Å². The van der Waals surface area contributed by atoms with Crippen LogP contribution < -0.4 is 0 Å². The number of hydrogen-bond donors (Lipinski definition) is 1. The van der Waals surface area contributed by atoms with Crippen molar-refractivity contribution in [3.05, 3.63) is 70.9 Å². The molecule has 1 saturated heterocycles. The van der Waals surface area contributed by atoms with Crippen molar-refractivity contribution >= 4 is 28.7 Å². The monoisotopic (exact) mass is 445 g/mol. The Hall–Kier alpha value is -3.61. The van der Waals surface area contributed by atoms with Gasteiger partial charge in [0.05, 0.1) is 18.7 Å². The molecule has 0 unspecified atom stereocenters. The van der Waals surface area contributed by atoms with Crippen LogP contribution in [0.1, 0.15) is 53.5 Å². The van der Waals surface area contributed by atoms with Gasteiger partial charge in [-0.25, -0.2) is 4.79 Å². The number of para-hydroxylation sites is 1. The Bertz CT molecular complexity index is 1250. The van der Waals surface area contributed by atoms with Gasteiger partial charge in [0, 0.05) is 29.1 Å². The van der Waals surface area contributed by atoms with Gasteiger partial charge in [-0.3, -0.25) is 9.59 Å². The average molecular weight is 446 g/mol. The van der Waals surface area contributed by atoms with Gasteiger partial charge in [-0.1, -0.05) is 37.3 Å². The van der Waals surface area contributed by atoms with Gasteiger partial charge in [0.15, 0.2) is 0 Å². The highest BCUT2D eigenvalue weighted by Gasteiger charge is 2.48. The lowest BCUT2D eigenvalue weighted by atomic mass is 9.85. The van der Waals surface area contributed by atoms with Crippen LogP contribution >= 0.6 is 0 Å². The molecule has 33 heavy (non-hydrogen) atoms. The Morgan fingerprint density at radius 2 is 1.88 bits per heavy atom. The van der Waals surface area contributed by atoms with Crippen LogP contribution in [0.2, 0.25) is 0 Å². The summed E-state index contributed by atoms with van der Waals surface area (Å²) >= 11 is 0. The Morgan fingerprint density at radius 1 is 1.15 bits per heavy atom. The average Bonchev–Trinajstić information content (AvgIpc) is 3.22. The van der Waals surface area contributed by atoms with E-state index in [1.165, 1.54) is 7.11 Å².